The minimum atomic E-state index is -5.08. The first kappa shape index (κ1) is 14.7. The van der Waals surface area contributed by atoms with Gasteiger partial charge in [-0.15, -0.1) is 0 Å². The van der Waals surface area contributed by atoms with E-state index in [1.54, 1.807) is 0 Å². The molecule has 2 aliphatic rings. The number of carboxylic acid groups (broad SMARTS) is 2. The monoisotopic (exact) mass is 269 g/mol. The summed E-state index contributed by atoms with van der Waals surface area (Å²) in [4.78, 5) is 19.2. The van der Waals surface area contributed by atoms with Crippen molar-refractivity contribution in [2.24, 2.45) is 5.92 Å². The molecule has 1 aliphatic heterocycles. The Labute approximate surface area is 101 Å². The van der Waals surface area contributed by atoms with Gasteiger partial charge in [-0.05, 0) is 18.8 Å². The van der Waals surface area contributed by atoms with Crippen LogP contribution in [0.3, 0.4) is 0 Å². The molecule has 18 heavy (non-hydrogen) atoms. The number of rotatable bonds is 2. The molecule has 2 rings (SSSR count). The molecule has 0 bridgehead atoms. The van der Waals surface area contributed by atoms with Gasteiger partial charge < -0.3 is 15.5 Å². The zero-order valence-electron chi connectivity index (χ0n) is 9.41. The highest BCUT2D eigenvalue weighted by atomic mass is 19.4. The Kier molecular flexibility index (Phi) is 4.55. The summed E-state index contributed by atoms with van der Waals surface area (Å²) in [6.45, 7) is 0. The summed E-state index contributed by atoms with van der Waals surface area (Å²) in [7, 11) is 0. The molecule has 8 heteroatoms. The largest absolute Gasteiger partial charge is 0.490 e. The van der Waals surface area contributed by atoms with Crippen molar-refractivity contribution >= 4 is 11.9 Å². The lowest BCUT2D eigenvalue weighted by Crippen LogP contribution is -2.59. The zero-order chi connectivity index (χ0) is 13.9. The molecule has 3 atom stereocenters. The van der Waals surface area contributed by atoms with Gasteiger partial charge in [-0.2, -0.15) is 13.2 Å². The SMILES string of the molecule is O=C(O)C(F)(F)F.O=C(O)CC1N[C@@H]2CCC[C@H]12. The Morgan fingerprint density at radius 2 is 1.78 bits per heavy atom. The minimum absolute atomic E-state index is 0.278. The molecule has 0 spiro atoms. The van der Waals surface area contributed by atoms with Crippen LogP contribution in [0.1, 0.15) is 25.7 Å². The van der Waals surface area contributed by atoms with Crippen molar-refractivity contribution in [3.05, 3.63) is 0 Å². The molecule has 1 heterocycles. The highest BCUT2D eigenvalue weighted by Crippen LogP contribution is 2.37. The van der Waals surface area contributed by atoms with Crippen LogP contribution in [0, 0.1) is 5.92 Å². The molecule has 0 aromatic heterocycles. The van der Waals surface area contributed by atoms with E-state index in [0.717, 1.165) is 0 Å². The third kappa shape index (κ3) is 3.86. The molecule has 1 aliphatic carbocycles. The molecule has 3 N–H and O–H groups in total. The second-order valence-corrected chi connectivity index (χ2v) is 4.38. The van der Waals surface area contributed by atoms with Gasteiger partial charge in [-0.25, -0.2) is 4.79 Å². The summed E-state index contributed by atoms with van der Waals surface area (Å²) in [6.07, 6.45) is -1.02. The van der Waals surface area contributed by atoms with Crippen molar-refractivity contribution in [1.82, 2.24) is 5.32 Å². The summed E-state index contributed by atoms with van der Waals surface area (Å²) in [6, 6.07) is 0.930. The predicted octanol–water partition coefficient (Wildman–Crippen LogP) is 1.23. The first-order valence-corrected chi connectivity index (χ1v) is 5.49. The number of fused-ring (bicyclic) bond motifs is 1. The molecule has 0 aromatic rings. The topological polar surface area (TPSA) is 86.6 Å². The number of hydrogen-bond acceptors (Lipinski definition) is 3. The second-order valence-electron chi connectivity index (χ2n) is 4.38. The lowest BCUT2D eigenvalue weighted by molar-refractivity contribution is -0.192. The van der Waals surface area contributed by atoms with Gasteiger partial charge in [-0.3, -0.25) is 4.79 Å². The second kappa shape index (κ2) is 5.55. The molecule has 1 saturated carbocycles. The van der Waals surface area contributed by atoms with Crippen LogP contribution < -0.4 is 5.32 Å². The van der Waals surface area contributed by atoms with Crippen LogP contribution in [-0.4, -0.2) is 40.4 Å². The summed E-state index contributed by atoms with van der Waals surface area (Å²) in [5.41, 5.74) is 0. The van der Waals surface area contributed by atoms with E-state index in [1.807, 2.05) is 0 Å². The number of nitrogens with one attached hydrogen (secondary N) is 1. The van der Waals surface area contributed by atoms with Crippen LogP contribution in [0.25, 0.3) is 0 Å². The van der Waals surface area contributed by atoms with E-state index in [1.165, 1.54) is 19.3 Å². The summed E-state index contributed by atoms with van der Waals surface area (Å²) < 4.78 is 31.7. The van der Waals surface area contributed by atoms with Crippen LogP contribution in [-0.2, 0) is 9.59 Å². The van der Waals surface area contributed by atoms with E-state index >= 15 is 0 Å². The lowest BCUT2D eigenvalue weighted by Gasteiger charge is -2.41. The minimum Gasteiger partial charge on any atom is -0.481 e. The maximum Gasteiger partial charge on any atom is 0.490 e. The number of halogens is 3. The average Bonchev–Trinajstić information content (AvgIpc) is 2.55. The van der Waals surface area contributed by atoms with Crippen molar-refractivity contribution in [1.29, 1.82) is 0 Å². The maximum atomic E-state index is 10.6. The van der Waals surface area contributed by atoms with Gasteiger partial charge in [-0.1, -0.05) is 6.42 Å². The fourth-order valence-electron chi connectivity index (χ4n) is 2.36. The number of aliphatic carboxylic acids is 2. The van der Waals surface area contributed by atoms with Gasteiger partial charge >= 0.3 is 18.1 Å². The maximum absolute atomic E-state index is 10.6. The van der Waals surface area contributed by atoms with Crippen LogP contribution in [0.2, 0.25) is 0 Å². The lowest BCUT2D eigenvalue weighted by atomic mass is 9.83. The molecule has 0 aromatic carbocycles. The van der Waals surface area contributed by atoms with Crippen molar-refractivity contribution < 1.29 is 33.0 Å². The van der Waals surface area contributed by atoms with Crippen LogP contribution in [0.5, 0.6) is 0 Å². The number of carboxylic acids is 2. The van der Waals surface area contributed by atoms with E-state index in [-0.39, 0.29) is 6.04 Å². The third-order valence-electron chi connectivity index (χ3n) is 3.15. The number of alkyl halides is 3. The summed E-state index contributed by atoms with van der Waals surface area (Å²) >= 11 is 0. The van der Waals surface area contributed by atoms with Crippen LogP contribution >= 0.6 is 0 Å². The van der Waals surface area contributed by atoms with Crippen molar-refractivity contribution in [2.75, 3.05) is 0 Å². The van der Waals surface area contributed by atoms with E-state index in [0.29, 0.717) is 18.4 Å². The molecule has 0 amide bonds. The highest BCUT2D eigenvalue weighted by molar-refractivity contribution is 5.73. The smallest absolute Gasteiger partial charge is 0.481 e. The quantitative estimate of drug-likeness (QED) is 0.702. The van der Waals surface area contributed by atoms with Gasteiger partial charge in [0.2, 0.25) is 0 Å². The Balaban J connectivity index is 0.000000203. The van der Waals surface area contributed by atoms with Crippen LogP contribution in [0.15, 0.2) is 0 Å². The molecule has 104 valence electrons. The van der Waals surface area contributed by atoms with E-state index in [9.17, 15) is 18.0 Å². The van der Waals surface area contributed by atoms with E-state index in [4.69, 9.17) is 15.0 Å². The van der Waals surface area contributed by atoms with Crippen molar-refractivity contribution in [2.45, 2.75) is 43.9 Å². The predicted molar refractivity (Wildman–Crippen MR) is 54.0 cm³/mol. The summed E-state index contributed by atoms with van der Waals surface area (Å²) in [5, 5.41) is 18.9. The summed E-state index contributed by atoms with van der Waals surface area (Å²) in [5.74, 6) is -2.76. The van der Waals surface area contributed by atoms with E-state index < -0.39 is 18.1 Å². The van der Waals surface area contributed by atoms with E-state index in [2.05, 4.69) is 5.32 Å². The van der Waals surface area contributed by atoms with Gasteiger partial charge in [0.15, 0.2) is 0 Å². The fourth-order valence-corrected chi connectivity index (χ4v) is 2.36. The first-order valence-electron chi connectivity index (χ1n) is 5.49. The molecular formula is C10H14F3NO4. The van der Waals surface area contributed by atoms with Gasteiger partial charge in [0.05, 0.1) is 6.42 Å². The van der Waals surface area contributed by atoms with Crippen molar-refractivity contribution in [3.8, 4) is 0 Å². The molecule has 1 saturated heterocycles. The number of hydrogen-bond donors (Lipinski definition) is 3. The molecule has 2 fully saturated rings. The Hall–Kier alpha value is -1.31. The number of carbonyl (C=O) groups is 2. The Morgan fingerprint density at radius 1 is 1.22 bits per heavy atom. The third-order valence-corrected chi connectivity index (χ3v) is 3.15. The first-order chi connectivity index (χ1) is 8.21. The van der Waals surface area contributed by atoms with Crippen molar-refractivity contribution in [3.63, 3.8) is 0 Å². The van der Waals surface area contributed by atoms with Gasteiger partial charge in [0.25, 0.3) is 0 Å². The highest BCUT2D eigenvalue weighted by Gasteiger charge is 2.43. The van der Waals surface area contributed by atoms with Gasteiger partial charge in [0, 0.05) is 12.1 Å². The standard InChI is InChI=1S/C8H13NO2.C2HF3O2/c10-8(11)4-7-5-2-1-3-6(5)9-7;3-2(4,5)1(6)7/h5-7,9H,1-4H2,(H,10,11);(H,6,7)/t5-,6+,7?;/m0./s1. The molecule has 5 nitrogen and oxygen atoms in total. The van der Waals surface area contributed by atoms with Crippen LogP contribution in [0.4, 0.5) is 13.2 Å². The molecular weight excluding hydrogens is 255 g/mol. The Morgan fingerprint density at radius 3 is 2.17 bits per heavy atom. The van der Waals surface area contributed by atoms with Gasteiger partial charge in [0.1, 0.15) is 0 Å². The Bertz CT molecular complexity index is 332. The molecule has 1 unspecified atom stereocenters. The molecule has 0 radical (unpaired) electrons. The normalized spacial score (nSPS) is 29.6. The zero-order valence-corrected chi connectivity index (χ0v) is 9.41. The fraction of sp³-hybridized carbons (Fsp3) is 0.800. The average molecular weight is 269 g/mol.